The van der Waals surface area contributed by atoms with Crippen molar-refractivity contribution in [2.45, 2.75) is 6.92 Å². The molecule has 0 radical (unpaired) electrons. The van der Waals surface area contributed by atoms with Crippen molar-refractivity contribution in [1.29, 1.82) is 0 Å². The van der Waals surface area contributed by atoms with Gasteiger partial charge < -0.3 is 5.32 Å². The molecule has 3 rings (SSSR count). The first kappa shape index (κ1) is 12.9. The molecule has 0 atom stereocenters. The van der Waals surface area contributed by atoms with Crippen LogP contribution in [-0.2, 0) is 0 Å². The lowest BCUT2D eigenvalue weighted by molar-refractivity contribution is 0.102. The molecule has 100 valence electrons. The Morgan fingerprint density at radius 1 is 1.20 bits per heavy atom. The van der Waals surface area contributed by atoms with E-state index in [-0.39, 0.29) is 5.91 Å². The van der Waals surface area contributed by atoms with E-state index in [0.717, 1.165) is 21.6 Å². The van der Waals surface area contributed by atoms with Gasteiger partial charge in [-0.1, -0.05) is 18.2 Å². The second-order valence-corrected chi connectivity index (χ2v) is 5.21. The summed E-state index contributed by atoms with van der Waals surface area (Å²) >= 11 is 3.48. The molecule has 0 fully saturated rings. The standard InChI is InChI=1S/C15H12BrN3O/c1-10-14(16)19-9-12(7-8-13(19)17-10)18-15(20)11-5-3-2-4-6-11/h2-9H,1H3,(H,18,20). The third kappa shape index (κ3) is 2.32. The van der Waals surface area contributed by atoms with Crippen molar-refractivity contribution < 1.29 is 4.79 Å². The van der Waals surface area contributed by atoms with Crippen molar-refractivity contribution in [3.63, 3.8) is 0 Å². The van der Waals surface area contributed by atoms with Gasteiger partial charge >= 0.3 is 0 Å². The van der Waals surface area contributed by atoms with E-state index in [4.69, 9.17) is 0 Å². The van der Waals surface area contributed by atoms with Gasteiger partial charge in [-0.15, -0.1) is 0 Å². The average molecular weight is 330 g/mol. The van der Waals surface area contributed by atoms with Crippen LogP contribution in [0.2, 0.25) is 0 Å². The van der Waals surface area contributed by atoms with E-state index in [9.17, 15) is 4.79 Å². The molecule has 0 aliphatic carbocycles. The quantitative estimate of drug-likeness (QED) is 0.779. The highest BCUT2D eigenvalue weighted by Gasteiger charge is 2.08. The van der Waals surface area contributed by atoms with Crippen LogP contribution in [0.5, 0.6) is 0 Å². The summed E-state index contributed by atoms with van der Waals surface area (Å²) in [5.74, 6) is -0.127. The monoisotopic (exact) mass is 329 g/mol. The van der Waals surface area contributed by atoms with Crippen LogP contribution in [-0.4, -0.2) is 15.3 Å². The predicted molar refractivity (Wildman–Crippen MR) is 82.0 cm³/mol. The van der Waals surface area contributed by atoms with Crippen LogP contribution in [0.3, 0.4) is 0 Å². The van der Waals surface area contributed by atoms with E-state index in [1.807, 2.05) is 47.9 Å². The lowest BCUT2D eigenvalue weighted by atomic mass is 10.2. The normalized spacial score (nSPS) is 10.7. The lowest BCUT2D eigenvalue weighted by Gasteiger charge is -2.06. The molecule has 0 bridgehead atoms. The minimum atomic E-state index is -0.127. The third-order valence-corrected chi connectivity index (χ3v) is 3.97. The van der Waals surface area contributed by atoms with Crippen LogP contribution < -0.4 is 5.32 Å². The summed E-state index contributed by atoms with van der Waals surface area (Å²) in [4.78, 5) is 16.5. The molecule has 0 spiro atoms. The zero-order valence-corrected chi connectivity index (χ0v) is 12.4. The molecule has 0 saturated carbocycles. The molecule has 0 unspecified atom stereocenters. The number of anilines is 1. The largest absolute Gasteiger partial charge is 0.321 e. The van der Waals surface area contributed by atoms with E-state index in [0.29, 0.717) is 5.56 Å². The van der Waals surface area contributed by atoms with Gasteiger partial charge in [-0.2, -0.15) is 0 Å². The summed E-state index contributed by atoms with van der Waals surface area (Å²) in [5.41, 5.74) is 3.11. The molecule has 1 aromatic carbocycles. The van der Waals surface area contributed by atoms with E-state index in [2.05, 4.69) is 26.2 Å². The first-order valence-electron chi connectivity index (χ1n) is 6.16. The Balaban J connectivity index is 1.91. The molecule has 0 saturated heterocycles. The topological polar surface area (TPSA) is 46.4 Å². The smallest absolute Gasteiger partial charge is 0.255 e. The molecule has 2 heterocycles. The van der Waals surface area contributed by atoms with Gasteiger partial charge in [0.1, 0.15) is 10.3 Å². The Kier molecular flexibility index (Phi) is 3.28. The minimum Gasteiger partial charge on any atom is -0.321 e. The number of imidazole rings is 1. The number of benzene rings is 1. The van der Waals surface area contributed by atoms with Crippen LogP contribution in [0.15, 0.2) is 53.3 Å². The number of hydrogen-bond acceptors (Lipinski definition) is 2. The predicted octanol–water partition coefficient (Wildman–Crippen LogP) is 3.66. The highest BCUT2D eigenvalue weighted by atomic mass is 79.9. The van der Waals surface area contributed by atoms with Crippen LogP contribution in [0.1, 0.15) is 16.1 Å². The maximum atomic E-state index is 12.1. The Morgan fingerprint density at radius 2 is 1.95 bits per heavy atom. The van der Waals surface area contributed by atoms with Gasteiger partial charge in [-0.25, -0.2) is 4.98 Å². The van der Waals surface area contributed by atoms with Crippen molar-refractivity contribution in [2.75, 3.05) is 5.32 Å². The third-order valence-electron chi connectivity index (χ3n) is 3.01. The van der Waals surface area contributed by atoms with Crippen LogP contribution >= 0.6 is 15.9 Å². The number of carbonyl (C=O) groups excluding carboxylic acids is 1. The van der Waals surface area contributed by atoms with Gasteiger partial charge in [-0.3, -0.25) is 9.20 Å². The highest BCUT2D eigenvalue weighted by Crippen LogP contribution is 2.20. The zero-order valence-electron chi connectivity index (χ0n) is 10.8. The van der Waals surface area contributed by atoms with Gasteiger partial charge in [-0.05, 0) is 47.1 Å². The molecule has 4 nitrogen and oxygen atoms in total. The Labute approximate surface area is 124 Å². The van der Waals surface area contributed by atoms with Gasteiger partial charge in [0.05, 0.1) is 11.4 Å². The summed E-state index contributed by atoms with van der Waals surface area (Å²) in [5, 5.41) is 2.88. The summed E-state index contributed by atoms with van der Waals surface area (Å²) in [6, 6.07) is 12.8. The Morgan fingerprint density at radius 3 is 2.70 bits per heavy atom. The number of hydrogen-bond donors (Lipinski definition) is 1. The van der Waals surface area contributed by atoms with Gasteiger partial charge in [0.25, 0.3) is 5.91 Å². The number of aromatic nitrogens is 2. The summed E-state index contributed by atoms with van der Waals surface area (Å²) in [7, 11) is 0. The molecule has 0 aliphatic heterocycles. The number of pyridine rings is 1. The summed E-state index contributed by atoms with van der Waals surface area (Å²) < 4.78 is 2.79. The van der Waals surface area contributed by atoms with E-state index in [1.54, 1.807) is 12.1 Å². The number of carbonyl (C=O) groups is 1. The molecule has 3 aromatic rings. The minimum absolute atomic E-state index is 0.127. The van der Waals surface area contributed by atoms with Crippen molar-refractivity contribution >= 4 is 33.2 Å². The lowest BCUT2D eigenvalue weighted by Crippen LogP contribution is -2.12. The molecule has 1 amide bonds. The van der Waals surface area contributed by atoms with Crippen molar-refractivity contribution in [1.82, 2.24) is 9.38 Å². The zero-order chi connectivity index (χ0) is 14.1. The van der Waals surface area contributed by atoms with E-state index in [1.165, 1.54) is 0 Å². The van der Waals surface area contributed by atoms with E-state index >= 15 is 0 Å². The second kappa shape index (κ2) is 5.09. The fraction of sp³-hybridized carbons (Fsp3) is 0.0667. The molecule has 5 heteroatoms. The number of amides is 1. The first-order chi connectivity index (χ1) is 9.65. The number of rotatable bonds is 2. The fourth-order valence-corrected chi connectivity index (χ4v) is 2.37. The molecule has 20 heavy (non-hydrogen) atoms. The first-order valence-corrected chi connectivity index (χ1v) is 6.95. The second-order valence-electron chi connectivity index (χ2n) is 4.45. The molecule has 1 N–H and O–H groups in total. The number of halogens is 1. The molecule has 0 aliphatic rings. The van der Waals surface area contributed by atoms with Gasteiger partial charge in [0.2, 0.25) is 0 Å². The molecule has 2 aromatic heterocycles. The summed E-state index contributed by atoms with van der Waals surface area (Å²) in [6.07, 6.45) is 1.85. The number of nitrogens with one attached hydrogen (secondary N) is 1. The highest BCUT2D eigenvalue weighted by molar-refractivity contribution is 9.10. The Bertz CT molecular complexity index is 780. The SMILES string of the molecule is Cc1nc2ccc(NC(=O)c3ccccc3)cn2c1Br. The fourth-order valence-electron chi connectivity index (χ4n) is 2.00. The van der Waals surface area contributed by atoms with Crippen LogP contribution in [0.4, 0.5) is 5.69 Å². The van der Waals surface area contributed by atoms with Crippen LogP contribution in [0, 0.1) is 6.92 Å². The maximum Gasteiger partial charge on any atom is 0.255 e. The van der Waals surface area contributed by atoms with E-state index < -0.39 is 0 Å². The Hall–Kier alpha value is -2.14. The molecular weight excluding hydrogens is 318 g/mol. The van der Waals surface area contributed by atoms with Crippen molar-refractivity contribution in [3.8, 4) is 0 Å². The van der Waals surface area contributed by atoms with Crippen LogP contribution in [0.25, 0.3) is 5.65 Å². The molecular formula is C15H12BrN3O. The van der Waals surface area contributed by atoms with Gasteiger partial charge in [0, 0.05) is 11.8 Å². The number of nitrogens with zero attached hydrogens (tertiary/aromatic N) is 2. The summed E-state index contributed by atoms with van der Waals surface area (Å²) in [6.45, 7) is 1.93. The maximum absolute atomic E-state index is 12.1. The van der Waals surface area contributed by atoms with Crippen molar-refractivity contribution in [3.05, 3.63) is 64.5 Å². The van der Waals surface area contributed by atoms with Crippen molar-refractivity contribution in [2.24, 2.45) is 0 Å². The number of fused-ring (bicyclic) bond motifs is 1. The van der Waals surface area contributed by atoms with Gasteiger partial charge in [0.15, 0.2) is 0 Å². The number of aryl methyl sites for hydroxylation is 1. The average Bonchev–Trinajstić information content (AvgIpc) is 2.75.